The second-order valence-corrected chi connectivity index (χ2v) is 9.17. The van der Waals surface area contributed by atoms with Gasteiger partial charge in [-0.25, -0.2) is 4.99 Å². The highest BCUT2D eigenvalue weighted by atomic mass is 16.1. The average Bonchev–Trinajstić information content (AvgIpc) is 3.14. The van der Waals surface area contributed by atoms with E-state index >= 15 is 0 Å². The third-order valence-corrected chi connectivity index (χ3v) is 6.83. The Labute approximate surface area is 187 Å². The van der Waals surface area contributed by atoms with Crippen LogP contribution in [-0.4, -0.2) is 42.0 Å². The summed E-state index contributed by atoms with van der Waals surface area (Å²) < 4.78 is 0.855. The summed E-state index contributed by atoms with van der Waals surface area (Å²) in [4.78, 5) is 16.3. The number of nitrogens with one attached hydrogen (secondary N) is 1. The number of amides is 1. The summed E-state index contributed by atoms with van der Waals surface area (Å²) in [7, 11) is 0. The van der Waals surface area contributed by atoms with E-state index in [-0.39, 0.29) is 12.1 Å². The molecule has 30 heavy (non-hydrogen) atoms. The zero-order valence-corrected chi connectivity index (χ0v) is 20.4. The second kappa shape index (κ2) is 16.5. The lowest BCUT2D eigenvalue weighted by Gasteiger charge is -2.39. The van der Waals surface area contributed by atoms with Crippen LogP contribution in [0.2, 0.25) is 0 Å². The van der Waals surface area contributed by atoms with Gasteiger partial charge in [-0.15, -0.1) is 6.58 Å². The summed E-state index contributed by atoms with van der Waals surface area (Å²) in [6, 6.07) is 0. The van der Waals surface area contributed by atoms with Crippen molar-refractivity contribution in [3.8, 4) is 0 Å². The molecule has 0 radical (unpaired) electrons. The Morgan fingerprint density at radius 1 is 1.00 bits per heavy atom. The smallest absolute Gasteiger partial charge is 0.221 e. The standard InChI is InChI=1S/C26H49N3O/c1-5-7-8-9-10-11-12-13-14-15-16-17-18-19-20-21-26-27-22-23-29(26,6-2)24(3)28-25(4)30/h5,24H,1,6-23H2,2-4H3/p+1. The monoisotopic (exact) mass is 420 g/mol. The zero-order chi connectivity index (χ0) is 22.1. The van der Waals surface area contributed by atoms with Gasteiger partial charge in [-0.1, -0.05) is 76.7 Å². The lowest BCUT2D eigenvalue weighted by Crippen LogP contribution is -2.62. The molecule has 1 heterocycles. The summed E-state index contributed by atoms with van der Waals surface area (Å²) in [6.45, 7) is 12.7. The Bertz CT molecular complexity index is 503. The molecular formula is C26H50N3O+. The molecule has 0 bridgehead atoms. The fourth-order valence-corrected chi connectivity index (χ4v) is 4.89. The fraction of sp³-hybridized carbons (Fsp3) is 0.846. The predicted molar refractivity (Wildman–Crippen MR) is 131 cm³/mol. The number of likely N-dealkylation sites (N-methyl/N-ethyl adjacent to an activating group) is 1. The molecule has 0 spiro atoms. The van der Waals surface area contributed by atoms with Crippen molar-refractivity contribution >= 4 is 11.7 Å². The quantitative estimate of drug-likeness (QED) is 0.140. The van der Waals surface area contributed by atoms with Crippen LogP contribution in [0.4, 0.5) is 0 Å². The van der Waals surface area contributed by atoms with Gasteiger partial charge in [-0.3, -0.25) is 9.28 Å². The minimum Gasteiger partial charge on any atom is -0.307 e. The van der Waals surface area contributed by atoms with Crippen LogP contribution < -0.4 is 5.32 Å². The number of carbonyl (C=O) groups excluding carboxylic acids is 1. The molecule has 0 aromatic heterocycles. The maximum absolute atomic E-state index is 11.5. The summed E-state index contributed by atoms with van der Waals surface area (Å²) >= 11 is 0. The molecule has 1 aliphatic rings. The summed E-state index contributed by atoms with van der Waals surface area (Å²) in [5, 5.41) is 3.11. The van der Waals surface area contributed by atoms with E-state index in [1.807, 2.05) is 6.08 Å². The molecule has 1 amide bonds. The second-order valence-electron chi connectivity index (χ2n) is 9.17. The molecule has 0 aromatic carbocycles. The van der Waals surface area contributed by atoms with Crippen molar-refractivity contribution in [2.45, 2.75) is 123 Å². The van der Waals surface area contributed by atoms with Crippen molar-refractivity contribution in [2.24, 2.45) is 4.99 Å². The molecule has 4 heteroatoms. The number of amidine groups is 1. The summed E-state index contributed by atoms with van der Waals surface area (Å²) in [5.41, 5.74) is 0. The molecule has 1 N–H and O–H groups in total. The molecule has 4 nitrogen and oxygen atoms in total. The van der Waals surface area contributed by atoms with E-state index in [4.69, 9.17) is 4.99 Å². The summed E-state index contributed by atoms with van der Waals surface area (Å²) in [5.74, 6) is 1.37. The van der Waals surface area contributed by atoms with Crippen LogP contribution in [-0.2, 0) is 4.79 Å². The number of unbranched alkanes of at least 4 members (excludes halogenated alkanes) is 13. The van der Waals surface area contributed by atoms with Crippen LogP contribution in [0.25, 0.3) is 0 Å². The molecule has 2 unspecified atom stereocenters. The number of quaternary nitrogens is 1. The van der Waals surface area contributed by atoms with E-state index < -0.39 is 0 Å². The first-order valence-corrected chi connectivity index (χ1v) is 12.9. The SMILES string of the molecule is C=CCCCCCCCCCCCCCCCC1=NCC[N+]1(CC)C(C)NC(C)=O. The average molecular weight is 421 g/mol. The molecule has 0 aromatic rings. The first-order valence-electron chi connectivity index (χ1n) is 12.9. The van der Waals surface area contributed by atoms with Crippen LogP contribution >= 0.6 is 0 Å². The minimum absolute atomic E-state index is 0.0585. The first-order chi connectivity index (χ1) is 14.6. The van der Waals surface area contributed by atoms with Crippen molar-refractivity contribution in [3.63, 3.8) is 0 Å². The van der Waals surface area contributed by atoms with Crippen molar-refractivity contribution in [3.05, 3.63) is 12.7 Å². The van der Waals surface area contributed by atoms with Gasteiger partial charge in [0, 0.05) is 20.3 Å². The largest absolute Gasteiger partial charge is 0.307 e. The molecule has 1 aliphatic heterocycles. The number of rotatable bonds is 19. The van der Waals surface area contributed by atoms with Gasteiger partial charge in [0.2, 0.25) is 5.91 Å². The number of carbonyl (C=O) groups is 1. The first kappa shape index (κ1) is 26.9. The van der Waals surface area contributed by atoms with Gasteiger partial charge >= 0.3 is 0 Å². The van der Waals surface area contributed by atoms with Crippen LogP contribution in [0, 0.1) is 0 Å². The van der Waals surface area contributed by atoms with Gasteiger partial charge in [0.15, 0.2) is 12.0 Å². The third kappa shape index (κ3) is 10.2. The predicted octanol–water partition coefficient (Wildman–Crippen LogP) is 6.75. The van der Waals surface area contributed by atoms with Gasteiger partial charge in [-0.2, -0.15) is 0 Å². The van der Waals surface area contributed by atoms with Gasteiger partial charge in [0.05, 0.1) is 13.1 Å². The molecule has 174 valence electrons. The number of aliphatic imine (C=N–C) groups is 1. The highest BCUT2D eigenvalue weighted by Crippen LogP contribution is 2.23. The van der Waals surface area contributed by atoms with E-state index in [0.29, 0.717) is 0 Å². The van der Waals surface area contributed by atoms with Crippen LogP contribution in [0.15, 0.2) is 17.6 Å². The normalized spacial score (nSPS) is 19.5. The summed E-state index contributed by atoms with van der Waals surface area (Å²) in [6.07, 6.45) is 22.3. The van der Waals surface area contributed by atoms with Crippen LogP contribution in [0.3, 0.4) is 0 Å². The van der Waals surface area contributed by atoms with Gasteiger partial charge in [-0.05, 0) is 26.2 Å². The molecule has 0 saturated heterocycles. The topological polar surface area (TPSA) is 41.5 Å². The molecule has 2 atom stereocenters. The Balaban J connectivity index is 2.03. The van der Waals surface area contributed by atoms with E-state index in [0.717, 1.165) is 30.5 Å². The van der Waals surface area contributed by atoms with Crippen LogP contribution in [0.1, 0.15) is 117 Å². The maximum atomic E-state index is 11.5. The zero-order valence-electron chi connectivity index (χ0n) is 20.4. The van der Waals surface area contributed by atoms with Gasteiger partial charge in [0.25, 0.3) is 0 Å². The highest BCUT2D eigenvalue weighted by Gasteiger charge is 2.41. The fourth-order valence-electron chi connectivity index (χ4n) is 4.89. The van der Waals surface area contributed by atoms with Crippen molar-refractivity contribution in [2.75, 3.05) is 19.6 Å². The molecule has 0 fully saturated rings. The van der Waals surface area contributed by atoms with Crippen molar-refractivity contribution < 1.29 is 9.28 Å². The molecule has 0 aliphatic carbocycles. The Kier molecular flexibility index (Phi) is 14.8. The lowest BCUT2D eigenvalue weighted by molar-refractivity contribution is -0.861. The Hall–Kier alpha value is -1.16. The number of hydrogen-bond acceptors (Lipinski definition) is 2. The lowest BCUT2D eigenvalue weighted by atomic mass is 10.0. The highest BCUT2D eigenvalue weighted by molar-refractivity contribution is 5.78. The van der Waals surface area contributed by atoms with Crippen LogP contribution in [0.5, 0.6) is 0 Å². The van der Waals surface area contributed by atoms with Gasteiger partial charge in [0.1, 0.15) is 6.54 Å². The molecule has 0 saturated carbocycles. The molecular weight excluding hydrogens is 370 g/mol. The number of hydrogen-bond donors (Lipinski definition) is 1. The Morgan fingerprint density at radius 3 is 1.97 bits per heavy atom. The number of nitrogens with zero attached hydrogens (tertiary/aromatic N) is 2. The van der Waals surface area contributed by atoms with Gasteiger partial charge < -0.3 is 5.32 Å². The van der Waals surface area contributed by atoms with E-state index in [2.05, 4.69) is 25.7 Å². The third-order valence-electron chi connectivity index (χ3n) is 6.83. The molecule has 1 rings (SSSR count). The van der Waals surface area contributed by atoms with E-state index in [1.165, 1.54) is 95.7 Å². The van der Waals surface area contributed by atoms with Crippen molar-refractivity contribution in [1.82, 2.24) is 5.32 Å². The van der Waals surface area contributed by atoms with Crippen molar-refractivity contribution in [1.29, 1.82) is 0 Å². The minimum atomic E-state index is 0.0585. The Morgan fingerprint density at radius 2 is 1.50 bits per heavy atom. The van der Waals surface area contributed by atoms with E-state index in [9.17, 15) is 4.79 Å². The number of allylic oxidation sites excluding steroid dienone is 1. The maximum Gasteiger partial charge on any atom is 0.221 e. The van der Waals surface area contributed by atoms with E-state index in [1.54, 1.807) is 6.92 Å².